The van der Waals surface area contributed by atoms with Crippen LogP contribution in [-0.2, 0) is 0 Å². The highest BCUT2D eigenvalue weighted by Crippen LogP contribution is 2.20. The lowest BCUT2D eigenvalue weighted by atomic mass is 10.2. The van der Waals surface area contributed by atoms with E-state index in [0.717, 1.165) is 11.3 Å². The van der Waals surface area contributed by atoms with Crippen molar-refractivity contribution in [3.05, 3.63) is 58.1 Å². The smallest absolute Gasteiger partial charge is 0.251 e. The Bertz CT molecular complexity index is 644. The number of nitrogen functional groups attached to an aromatic ring is 1. The summed E-state index contributed by atoms with van der Waals surface area (Å²) in [5.74, 6) is 0.656. The van der Waals surface area contributed by atoms with Crippen LogP contribution in [0.3, 0.4) is 0 Å². The van der Waals surface area contributed by atoms with Crippen LogP contribution in [0, 0.1) is 6.92 Å². The Balaban J connectivity index is 1.80. The van der Waals surface area contributed by atoms with Crippen molar-refractivity contribution < 1.29 is 9.53 Å². The average Bonchev–Trinajstić information content (AvgIpc) is 2.46. The molecule has 0 bridgehead atoms. The first-order valence-electron chi connectivity index (χ1n) is 6.59. The molecule has 0 atom stereocenters. The molecule has 5 heteroatoms. The molecule has 0 saturated carbocycles. The molecular formula is C16H17BrN2O2. The molecule has 21 heavy (non-hydrogen) atoms. The van der Waals surface area contributed by atoms with Gasteiger partial charge >= 0.3 is 0 Å². The Morgan fingerprint density at radius 1 is 1.29 bits per heavy atom. The summed E-state index contributed by atoms with van der Waals surface area (Å²) >= 11 is 3.30. The maximum absolute atomic E-state index is 11.9. The summed E-state index contributed by atoms with van der Waals surface area (Å²) in [5, 5.41) is 2.80. The van der Waals surface area contributed by atoms with Crippen LogP contribution in [0.1, 0.15) is 15.9 Å². The Morgan fingerprint density at radius 3 is 2.81 bits per heavy atom. The number of ether oxygens (including phenoxy) is 1. The molecule has 3 N–H and O–H groups in total. The first kappa shape index (κ1) is 15.4. The molecule has 0 aromatic heterocycles. The highest BCUT2D eigenvalue weighted by atomic mass is 79.9. The zero-order valence-corrected chi connectivity index (χ0v) is 13.3. The Labute approximate surface area is 132 Å². The van der Waals surface area contributed by atoms with E-state index in [9.17, 15) is 4.79 Å². The number of carbonyl (C=O) groups excluding carboxylic acids is 1. The van der Waals surface area contributed by atoms with Crippen LogP contribution in [0.25, 0.3) is 0 Å². The van der Waals surface area contributed by atoms with Gasteiger partial charge in [0, 0.05) is 15.7 Å². The minimum Gasteiger partial charge on any atom is -0.492 e. The molecule has 1 amide bonds. The summed E-state index contributed by atoms with van der Waals surface area (Å²) in [5.41, 5.74) is 8.00. The molecule has 0 aliphatic rings. The van der Waals surface area contributed by atoms with Gasteiger partial charge in [0.2, 0.25) is 0 Å². The van der Waals surface area contributed by atoms with Gasteiger partial charge in [0.15, 0.2) is 0 Å². The van der Waals surface area contributed by atoms with E-state index in [1.54, 1.807) is 18.2 Å². The van der Waals surface area contributed by atoms with Crippen molar-refractivity contribution >= 4 is 27.5 Å². The van der Waals surface area contributed by atoms with Crippen LogP contribution in [0.2, 0.25) is 0 Å². The summed E-state index contributed by atoms with van der Waals surface area (Å²) in [6.45, 7) is 2.87. The average molecular weight is 349 g/mol. The molecule has 2 aromatic carbocycles. The fourth-order valence-electron chi connectivity index (χ4n) is 1.81. The number of hydrogen-bond donors (Lipinski definition) is 2. The predicted molar refractivity (Wildman–Crippen MR) is 87.6 cm³/mol. The molecule has 0 aliphatic heterocycles. The molecule has 0 heterocycles. The fraction of sp³-hybridized carbons (Fsp3) is 0.188. The molecule has 0 spiro atoms. The highest BCUT2D eigenvalue weighted by molar-refractivity contribution is 9.10. The molecule has 110 valence electrons. The molecular weight excluding hydrogens is 332 g/mol. The number of aryl methyl sites for hydroxylation is 1. The summed E-state index contributed by atoms with van der Waals surface area (Å²) in [7, 11) is 0. The standard InChI is InChI=1S/C16H17BrN2O2/c1-11-3-2-4-13(9-11)21-8-7-19-16(20)12-5-6-15(18)14(17)10-12/h2-6,9-10H,7-8,18H2,1H3,(H,19,20). The van der Waals surface area contributed by atoms with Gasteiger partial charge in [-0.25, -0.2) is 0 Å². The molecule has 4 nitrogen and oxygen atoms in total. The molecule has 0 unspecified atom stereocenters. The first-order valence-corrected chi connectivity index (χ1v) is 7.38. The number of benzene rings is 2. The fourth-order valence-corrected chi connectivity index (χ4v) is 2.19. The number of halogens is 1. The summed E-state index contributed by atoms with van der Waals surface area (Å²) < 4.78 is 6.29. The van der Waals surface area contributed by atoms with Crippen LogP contribution in [0.4, 0.5) is 5.69 Å². The minimum atomic E-state index is -0.149. The maximum atomic E-state index is 11.9. The third-order valence-electron chi connectivity index (χ3n) is 2.91. The predicted octanol–water partition coefficient (Wildman–Crippen LogP) is 3.15. The Hall–Kier alpha value is -2.01. The third-order valence-corrected chi connectivity index (χ3v) is 3.60. The quantitative estimate of drug-likeness (QED) is 0.644. The van der Waals surface area contributed by atoms with Gasteiger partial charge in [-0.3, -0.25) is 4.79 Å². The number of nitrogens with one attached hydrogen (secondary N) is 1. The van der Waals surface area contributed by atoms with Gasteiger partial charge < -0.3 is 15.8 Å². The highest BCUT2D eigenvalue weighted by Gasteiger charge is 2.06. The van der Waals surface area contributed by atoms with Crippen molar-refractivity contribution in [2.75, 3.05) is 18.9 Å². The van der Waals surface area contributed by atoms with E-state index >= 15 is 0 Å². The number of hydrogen-bond acceptors (Lipinski definition) is 3. The molecule has 0 radical (unpaired) electrons. The van der Waals surface area contributed by atoms with Crippen molar-refractivity contribution in [1.82, 2.24) is 5.32 Å². The van der Waals surface area contributed by atoms with Crippen molar-refractivity contribution in [2.45, 2.75) is 6.92 Å². The number of rotatable bonds is 5. The summed E-state index contributed by atoms with van der Waals surface area (Å²) in [6, 6.07) is 12.9. The lowest BCUT2D eigenvalue weighted by molar-refractivity contribution is 0.0947. The van der Waals surface area contributed by atoms with Crippen LogP contribution < -0.4 is 15.8 Å². The zero-order valence-electron chi connectivity index (χ0n) is 11.7. The van der Waals surface area contributed by atoms with Gasteiger partial charge in [-0.05, 0) is 58.7 Å². The second-order valence-corrected chi connectivity index (χ2v) is 5.51. The van der Waals surface area contributed by atoms with E-state index in [4.69, 9.17) is 10.5 Å². The SMILES string of the molecule is Cc1cccc(OCCNC(=O)c2ccc(N)c(Br)c2)c1. The van der Waals surface area contributed by atoms with E-state index in [-0.39, 0.29) is 5.91 Å². The van der Waals surface area contributed by atoms with Gasteiger partial charge in [-0.15, -0.1) is 0 Å². The monoisotopic (exact) mass is 348 g/mol. The second kappa shape index (κ2) is 7.13. The number of carbonyl (C=O) groups is 1. The molecule has 0 fully saturated rings. The molecule has 2 aromatic rings. The van der Waals surface area contributed by atoms with E-state index in [2.05, 4.69) is 21.2 Å². The van der Waals surface area contributed by atoms with Crippen molar-refractivity contribution in [1.29, 1.82) is 0 Å². The summed E-state index contributed by atoms with van der Waals surface area (Å²) in [6.07, 6.45) is 0. The largest absolute Gasteiger partial charge is 0.492 e. The topological polar surface area (TPSA) is 64.3 Å². The van der Waals surface area contributed by atoms with Gasteiger partial charge in [0.05, 0.1) is 6.54 Å². The number of nitrogens with two attached hydrogens (primary N) is 1. The Kier molecular flexibility index (Phi) is 5.22. The van der Waals surface area contributed by atoms with Crippen LogP contribution >= 0.6 is 15.9 Å². The summed E-state index contributed by atoms with van der Waals surface area (Å²) in [4.78, 5) is 11.9. The van der Waals surface area contributed by atoms with Crippen molar-refractivity contribution in [3.8, 4) is 5.75 Å². The van der Waals surface area contributed by atoms with Crippen LogP contribution in [-0.4, -0.2) is 19.1 Å². The van der Waals surface area contributed by atoms with Gasteiger partial charge in [-0.1, -0.05) is 12.1 Å². The van der Waals surface area contributed by atoms with E-state index in [0.29, 0.717) is 28.9 Å². The van der Waals surface area contributed by atoms with E-state index in [1.807, 2.05) is 31.2 Å². The molecule has 0 aliphatic carbocycles. The van der Waals surface area contributed by atoms with Crippen LogP contribution in [0.15, 0.2) is 46.9 Å². The van der Waals surface area contributed by atoms with Gasteiger partial charge in [0.25, 0.3) is 5.91 Å². The lowest BCUT2D eigenvalue weighted by Crippen LogP contribution is -2.28. The number of amides is 1. The third kappa shape index (κ3) is 4.49. The molecule has 2 rings (SSSR count). The molecule has 0 saturated heterocycles. The van der Waals surface area contributed by atoms with Crippen molar-refractivity contribution in [2.24, 2.45) is 0 Å². The van der Waals surface area contributed by atoms with Crippen LogP contribution in [0.5, 0.6) is 5.75 Å². The van der Waals surface area contributed by atoms with Gasteiger partial charge in [0.1, 0.15) is 12.4 Å². The van der Waals surface area contributed by atoms with E-state index < -0.39 is 0 Å². The maximum Gasteiger partial charge on any atom is 0.251 e. The van der Waals surface area contributed by atoms with Crippen molar-refractivity contribution in [3.63, 3.8) is 0 Å². The number of anilines is 1. The minimum absolute atomic E-state index is 0.149. The Morgan fingerprint density at radius 2 is 2.10 bits per heavy atom. The van der Waals surface area contributed by atoms with Gasteiger partial charge in [-0.2, -0.15) is 0 Å². The first-order chi connectivity index (χ1) is 10.1. The van der Waals surface area contributed by atoms with E-state index in [1.165, 1.54) is 0 Å². The zero-order chi connectivity index (χ0) is 15.2. The second-order valence-electron chi connectivity index (χ2n) is 4.66. The lowest BCUT2D eigenvalue weighted by Gasteiger charge is -2.09. The normalized spacial score (nSPS) is 10.2.